The van der Waals surface area contributed by atoms with Gasteiger partial charge < -0.3 is 10.6 Å². The van der Waals surface area contributed by atoms with Crippen molar-refractivity contribution in [2.45, 2.75) is 44.6 Å². The highest BCUT2D eigenvalue weighted by Crippen LogP contribution is 2.32. The molecule has 1 heterocycles. The van der Waals surface area contributed by atoms with E-state index in [2.05, 4.69) is 36.1 Å². The van der Waals surface area contributed by atoms with E-state index >= 15 is 0 Å². The molecule has 3 rings (SSSR count). The lowest BCUT2D eigenvalue weighted by molar-refractivity contribution is 0.153. The van der Waals surface area contributed by atoms with Crippen LogP contribution < -0.4 is 5.73 Å². The van der Waals surface area contributed by atoms with Gasteiger partial charge in [0.05, 0.1) is 0 Å². The standard InChI is InChI=1S/C17H26N2/c1-13-11-19(10-9-17(13)18)12-15-7-4-6-14-5-2-3-8-16(14)15/h2-3,5,8,13,15,17H,4,6-7,9-12,18H2,1H3. The fourth-order valence-corrected chi connectivity index (χ4v) is 3.77. The lowest BCUT2D eigenvalue weighted by atomic mass is 9.82. The summed E-state index contributed by atoms with van der Waals surface area (Å²) < 4.78 is 0. The van der Waals surface area contributed by atoms with Gasteiger partial charge in [-0.3, -0.25) is 0 Å². The highest BCUT2D eigenvalue weighted by Gasteiger charge is 2.27. The van der Waals surface area contributed by atoms with Crippen LogP contribution in [-0.2, 0) is 6.42 Å². The molecule has 1 aromatic carbocycles. The molecular formula is C17H26N2. The van der Waals surface area contributed by atoms with Crippen LogP contribution in [-0.4, -0.2) is 30.6 Å². The number of nitrogens with two attached hydrogens (primary N) is 1. The van der Waals surface area contributed by atoms with Crippen LogP contribution in [0.5, 0.6) is 0 Å². The third-order valence-electron chi connectivity index (χ3n) is 5.03. The van der Waals surface area contributed by atoms with Crippen LogP contribution in [0, 0.1) is 5.92 Å². The minimum Gasteiger partial charge on any atom is -0.327 e. The monoisotopic (exact) mass is 258 g/mol. The fraction of sp³-hybridized carbons (Fsp3) is 0.647. The second kappa shape index (κ2) is 5.64. The Kier molecular flexibility index (Phi) is 3.90. The summed E-state index contributed by atoms with van der Waals surface area (Å²) in [5.41, 5.74) is 9.31. The molecule has 1 aromatic rings. The summed E-state index contributed by atoms with van der Waals surface area (Å²) in [6.07, 6.45) is 5.14. The molecule has 0 bridgehead atoms. The fourth-order valence-electron chi connectivity index (χ4n) is 3.77. The van der Waals surface area contributed by atoms with Gasteiger partial charge in [0.2, 0.25) is 0 Å². The molecule has 0 spiro atoms. The Bertz CT molecular complexity index is 429. The van der Waals surface area contributed by atoms with E-state index in [1.165, 1.54) is 38.9 Å². The van der Waals surface area contributed by atoms with Gasteiger partial charge in [0.1, 0.15) is 0 Å². The second-order valence-corrected chi connectivity index (χ2v) is 6.48. The Morgan fingerprint density at radius 3 is 2.95 bits per heavy atom. The summed E-state index contributed by atoms with van der Waals surface area (Å²) in [5, 5.41) is 0. The Morgan fingerprint density at radius 2 is 2.11 bits per heavy atom. The molecule has 2 aliphatic rings. The molecule has 2 nitrogen and oxygen atoms in total. The van der Waals surface area contributed by atoms with Crippen molar-refractivity contribution in [3.63, 3.8) is 0 Å². The molecule has 3 atom stereocenters. The molecule has 1 saturated heterocycles. The number of fused-ring (bicyclic) bond motifs is 1. The van der Waals surface area contributed by atoms with Crippen LogP contribution in [0.2, 0.25) is 0 Å². The first-order chi connectivity index (χ1) is 9.24. The Hall–Kier alpha value is -0.860. The van der Waals surface area contributed by atoms with Crippen LogP contribution in [0.25, 0.3) is 0 Å². The van der Waals surface area contributed by atoms with Crippen LogP contribution in [0.4, 0.5) is 0 Å². The van der Waals surface area contributed by atoms with Gasteiger partial charge in [-0.05, 0) is 55.2 Å². The quantitative estimate of drug-likeness (QED) is 0.884. The number of nitrogens with zero attached hydrogens (tertiary/aromatic N) is 1. The molecule has 0 saturated carbocycles. The van der Waals surface area contributed by atoms with E-state index in [1.807, 2.05) is 0 Å². The van der Waals surface area contributed by atoms with Crippen molar-refractivity contribution < 1.29 is 0 Å². The minimum atomic E-state index is 0.412. The van der Waals surface area contributed by atoms with Gasteiger partial charge in [0.15, 0.2) is 0 Å². The summed E-state index contributed by atoms with van der Waals surface area (Å²) >= 11 is 0. The van der Waals surface area contributed by atoms with Crippen molar-refractivity contribution in [3.8, 4) is 0 Å². The largest absolute Gasteiger partial charge is 0.327 e. The van der Waals surface area contributed by atoms with E-state index in [-0.39, 0.29) is 0 Å². The lowest BCUT2D eigenvalue weighted by Gasteiger charge is -2.38. The van der Waals surface area contributed by atoms with Crippen molar-refractivity contribution in [1.82, 2.24) is 4.90 Å². The lowest BCUT2D eigenvalue weighted by Crippen LogP contribution is -2.47. The van der Waals surface area contributed by atoms with Gasteiger partial charge in [0.25, 0.3) is 0 Å². The highest BCUT2D eigenvalue weighted by atomic mass is 15.1. The molecule has 0 radical (unpaired) electrons. The van der Waals surface area contributed by atoms with Crippen LogP contribution >= 0.6 is 0 Å². The normalized spacial score (nSPS) is 32.0. The molecule has 3 unspecified atom stereocenters. The zero-order valence-electron chi connectivity index (χ0n) is 12.0. The van der Waals surface area contributed by atoms with Gasteiger partial charge >= 0.3 is 0 Å². The molecule has 2 N–H and O–H groups in total. The van der Waals surface area contributed by atoms with Gasteiger partial charge in [0, 0.05) is 19.1 Å². The molecule has 1 fully saturated rings. The first-order valence-electron chi connectivity index (χ1n) is 7.80. The van der Waals surface area contributed by atoms with Gasteiger partial charge in [-0.25, -0.2) is 0 Å². The minimum absolute atomic E-state index is 0.412. The molecule has 1 aliphatic heterocycles. The van der Waals surface area contributed by atoms with E-state index in [4.69, 9.17) is 5.73 Å². The molecule has 1 aliphatic carbocycles. The van der Waals surface area contributed by atoms with Crippen LogP contribution in [0.1, 0.15) is 43.2 Å². The predicted octanol–water partition coefficient (Wildman–Crippen LogP) is 2.78. The molecule has 104 valence electrons. The topological polar surface area (TPSA) is 29.3 Å². The van der Waals surface area contributed by atoms with Crippen molar-refractivity contribution >= 4 is 0 Å². The van der Waals surface area contributed by atoms with Crippen molar-refractivity contribution in [2.75, 3.05) is 19.6 Å². The Balaban J connectivity index is 1.68. The van der Waals surface area contributed by atoms with Crippen LogP contribution in [0.15, 0.2) is 24.3 Å². The molecule has 0 amide bonds. The van der Waals surface area contributed by atoms with Gasteiger partial charge in [-0.1, -0.05) is 31.2 Å². The highest BCUT2D eigenvalue weighted by molar-refractivity contribution is 5.32. The van der Waals surface area contributed by atoms with E-state index in [9.17, 15) is 0 Å². The van der Waals surface area contributed by atoms with E-state index in [0.717, 1.165) is 12.3 Å². The summed E-state index contributed by atoms with van der Waals surface area (Å²) in [4.78, 5) is 2.64. The maximum absolute atomic E-state index is 6.12. The van der Waals surface area contributed by atoms with E-state index in [1.54, 1.807) is 11.1 Å². The number of hydrogen-bond donors (Lipinski definition) is 1. The van der Waals surface area contributed by atoms with Crippen molar-refractivity contribution in [2.24, 2.45) is 11.7 Å². The second-order valence-electron chi connectivity index (χ2n) is 6.48. The summed E-state index contributed by atoms with van der Waals surface area (Å²) in [6.45, 7) is 5.89. The number of rotatable bonds is 2. The third-order valence-corrected chi connectivity index (χ3v) is 5.03. The van der Waals surface area contributed by atoms with Gasteiger partial charge in [-0.15, -0.1) is 0 Å². The molecule has 0 aromatic heterocycles. The maximum atomic E-state index is 6.12. The van der Waals surface area contributed by atoms with E-state index < -0.39 is 0 Å². The predicted molar refractivity (Wildman–Crippen MR) is 80.3 cm³/mol. The molecule has 2 heteroatoms. The SMILES string of the molecule is CC1CN(CC2CCCc3ccccc32)CCC1N. The zero-order valence-corrected chi connectivity index (χ0v) is 12.0. The Labute approximate surface area is 117 Å². The molecular weight excluding hydrogens is 232 g/mol. The van der Waals surface area contributed by atoms with Gasteiger partial charge in [-0.2, -0.15) is 0 Å². The average Bonchev–Trinajstić information content (AvgIpc) is 2.43. The van der Waals surface area contributed by atoms with Crippen molar-refractivity contribution in [3.05, 3.63) is 35.4 Å². The first-order valence-corrected chi connectivity index (χ1v) is 7.80. The summed E-state index contributed by atoms with van der Waals surface area (Å²) in [5.74, 6) is 1.39. The summed E-state index contributed by atoms with van der Waals surface area (Å²) in [6, 6.07) is 9.46. The number of hydrogen-bond acceptors (Lipinski definition) is 2. The number of benzene rings is 1. The summed E-state index contributed by atoms with van der Waals surface area (Å²) in [7, 11) is 0. The third kappa shape index (κ3) is 2.85. The number of piperidine rings is 1. The first kappa shape index (κ1) is 13.1. The molecule has 19 heavy (non-hydrogen) atoms. The zero-order chi connectivity index (χ0) is 13.2. The average molecular weight is 258 g/mol. The van der Waals surface area contributed by atoms with Crippen LogP contribution in [0.3, 0.4) is 0 Å². The smallest absolute Gasteiger partial charge is 0.00889 e. The van der Waals surface area contributed by atoms with Crippen molar-refractivity contribution in [1.29, 1.82) is 0 Å². The number of aryl methyl sites for hydroxylation is 1. The number of likely N-dealkylation sites (tertiary alicyclic amines) is 1. The van der Waals surface area contributed by atoms with E-state index in [0.29, 0.717) is 12.0 Å². The maximum Gasteiger partial charge on any atom is 0.00889 e. The Morgan fingerprint density at radius 1 is 1.26 bits per heavy atom.